The molecule has 8 heteroatoms. The standard InChI is InChI=1S/C16H13FN2O4S/c1-7-12(15(20)21)14(13(16(22)23)8(2)19-7)9-3-4-10(17)11(5-9)18-6-24/h3-5,12,14H,1-2H3,(H,20,21)(H,22,23). The minimum Gasteiger partial charge on any atom is -0.481 e. The van der Waals surface area contributed by atoms with Crippen LogP contribution in [-0.2, 0) is 9.59 Å². The van der Waals surface area contributed by atoms with Crippen molar-refractivity contribution in [3.05, 3.63) is 40.8 Å². The first-order valence-corrected chi connectivity index (χ1v) is 7.28. The third-order valence-corrected chi connectivity index (χ3v) is 3.91. The molecule has 2 rings (SSSR count). The van der Waals surface area contributed by atoms with Gasteiger partial charge in [-0.05, 0) is 43.8 Å². The molecule has 124 valence electrons. The Bertz CT molecular complexity index is 840. The number of hydrogen-bond acceptors (Lipinski definition) is 5. The van der Waals surface area contributed by atoms with Crippen LogP contribution < -0.4 is 0 Å². The van der Waals surface area contributed by atoms with Crippen LogP contribution in [0.3, 0.4) is 0 Å². The number of rotatable bonds is 4. The van der Waals surface area contributed by atoms with Gasteiger partial charge in [0.25, 0.3) is 0 Å². The number of thiocarbonyl (C=S) groups is 1. The Morgan fingerprint density at radius 2 is 2.00 bits per heavy atom. The molecule has 0 fully saturated rings. The van der Waals surface area contributed by atoms with E-state index in [9.17, 15) is 24.2 Å². The first-order valence-electron chi connectivity index (χ1n) is 6.87. The number of nitrogens with zero attached hydrogens (tertiary/aromatic N) is 2. The first-order chi connectivity index (χ1) is 11.3. The van der Waals surface area contributed by atoms with Gasteiger partial charge < -0.3 is 10.2 Å². The number of allylic oxidation sites excluding steroid dienone is 1. The smallest absolute Gasteiger partial charge is 0.334 e. The van der Waals surface area contributed by atoms with Crippen LogP contribution in [-0.4, -0.2) is 33.0 Å². The lowest BCUT2D eigenvalue weighted by molar-refractivity contribution is -0.140. The van der Waals surface area contributed by atoms with Crippen molar-refractivity contribution >= 4 is 40.7 Å². The summed E-state index contributed by atoms with van der Waals surface area (Å²) in [6.45, 7) is 3.02. The van der Waals surface area contributed by atoms with Gasteiger partial charge in [-0.1, -0.05) is 6.07 Å². The summed E-state index contributed by atoms with van der Waals surface area (Å²) in [5.41, 5.74) is 0.524. The molecule has 0 saturated heterocycles. The highest BCUT2D eigenvalue weighted by Crippen LogP contribution is 2.40. The number of carboxylic acids is 2. The summed E-state index contributed by atoms with van der Waals surface area (Å²) in [6.07, 6.45) is 0. The van der Waals surface area contributed by atoms with Crippen molar-refractivity contribution in [3.63, 3.8) is 0 Å². The Morgan fingerprint density at radius 3 is 2.54 bits per heavy atom. The molecule has 0 radical (unpaired) electrons. The molecule has 0 bridgehead atoms. The zero-order valence-corrected chi connectivity index (χ0v) is 13.6. The molecule has 2 unspecified atom stereocenters. The van der Waals surface area contributed by atoms with Crippen LogP contribution in [0.5, 0.6) is 0 Å². The largest absolute Gasteiger partial charge is 0.481 e. The summed E-state index contributed by atoms with van der Waals surface area (Å²) in [5, 5.41) is 21.1. The average molecular weight is 348 g/mol. The Labute approximate surface area is 142 Å². The monoisotopic (exact) mass is 348 g/mol. The normalized spacial score (nSPS) is 20.2. The molecule has 1 heterocycles. The zero-order valence-electron chi connectivity index (χ0n) is 12.8. The topological polar surface area (TPSA) is 99.3 Å². The van der Waals surface area contributed by atoms with Crippen LogP contribution in [0.25, 0.3) is 0 Å². The highest BCUT2D eigenvalue weighted by molar-refractivity contribution is 7.78. The quantitative estimate of drug-likeness (QED) is 0.643. The molecule has 1 aromatic carbocycles. The van der Waals surface area contributed by atoms with E-state index in [1.807, 2.05) is 5.16 Å². The minimum absolute atomic E-state index is 0.130. The maximum atomic E-state index is 13.7. The van der Waals surface area contributed by atoms with Gasteiger partial charge in [0.05, 0.1) is 10.7 Å². The minimum atomic E-state index is -1.27. The van der Waals surface area contributed by atoms with Gasteiger partial charge in [-0.25, -0.2) is 9.18 Å². The zero-order chi connectivity index (χ0) is 18.0. The molecule has 24 heavy (non-hydrogen) atoms. The summed E-state index contributed by atoms with van der Waals surface area (Å²) >= 11 is 4.46. The number of benzene rings is 1. The van der Waals surface area contributed by atoms with Crippen LogP contribution in [0.2, 0.25) is 0 Å². The molecular formula is C16H13FN2O4S. The number of halogens is 1. The summed E-state index contributed by atoms with van der Waals surface area (Å²) < 4.78 is 13.7. The van der Waals surface area contributed by atoms with Crippen molar-refractivity contribution in [2.24, 2.45) is 15.9 Å². The van der Waals surface area contributed by atoms with E-state index in [4.69, 9.17) is 0 Å². The van der Waals surface area contributed by atoms with Crippen LogP contribution in [0.4, 0.5) is 10.1 Å². The lowest BCUT2D eigenvalue weighted by Crippen LogP contribution is -2.34. The van der Waals surface area contributed by atoms with Gasteiger partial charge in [0.2, 0.25) is 0 Å². The number of hydrogen-bond donors (Lipinski definition) is 2. The van der Waals surface area contributed by atoms with E-state index in [-0.39, 0.29) is 22.7 Å². The summed E-state index contributed by atoms with van der Waals surface area (Å²) in [5.74, 6) is -5.34. The van der Waals surface area contributed by atoms with Crippen molar-refractivity contribution in [2.45, 2.75) is 19.8 Å². The van der Waals surface area contributed by atoms with E-state index in [0.29, 0.717) is 5.56 Å². The van der Waals surface area contributed by atoms with Gasteiger partial charge in [-0.3, -0.25) is 9.79 Å². The van der Waals surface area contributed by atoms with Crippen LogP contribution in [0, 0.1) is 11.7 Å². The fourth-order valence-electron chi connectivity index (χ4n) is 2.85. The van der Waals surface area contributed by atoms with Gasteiger partial charge in [-0.2, -0.15) is 4.99 Å². The molecule has 2 N–H and O–H groups in total. The van der Waals surface area contributed by atoms with E-state index in [1.54, 1.807) is 0 Å². The maximum absolute atomic E-state index is 13.7. The molecule has 0 spiro atoms. The molecule has 6 nitrogen and oxygen atoms in total. The van der Waals surface area contributed by atoms with Crippen LogP contribution >= 0.6 is 12.2 Å². The first kappa shape index (κ1) is 17.7. The molecular weight excluding hydrogens is 335 g/mol. The Morgan fingerprint density at radius 1 is 1.33 bits per heavy atom. The predicted octanol–water partition coefficient (Wildman–Crippen LogP) is 3.18. The molecule has 0 aliphatic carbocycles. The Balaban J connectivity index is 2.73. The second-order valence-corrected chi connectivity index (χ2v) is 5.45. The predicted molar refractivity (Wildman–Crippen MR) is 88.4 cm³/mol. The number of isothiocyanates is 1. The average Bonchev–Trinajstić information content (AvgIpc) is 2.48. The summed E-state index contributed by atoms with van der Waals surface area (Å²) in [6, 6.07) is 3.72. The van der Waals surface area contributed by atoms with Gasteiger partial charge in [0, 0.05) is 17.3 Å². The van der Waals surface area contributed by atoms with E-state index in [1.165, 1.54) is 26.0 Å². The second-order valence-electron chi connectivity index (χ2n) is 5.26. The molecule has 1 aliphatic rings. The van der Waals surface area contributed by atoms with Crippen molar-refractivity contribution in [3.8, 4) is 0 Å². The maximum Gasteiger partial charge on any atom is 0.334 e. The molecule has 1 aromatic rings. The Kier molecular flexibility index (Phi) is 5.02. The van der Waals surface area contributed by atoms with E-state index < -0.39 is 29.6 Å². The number of aliphatic imine (C=N–C) groups is 2. The molecule has 1 aliphatic heterocycles. The van der Waals surface area contributed by atoms with Crippen LogP contribution in [0.1, 0.15) is 25.3 Å². The van der Waals surface area contributed by atoms with Gasteiger partial charge >= 0.3 is 11.9 Å². The lowest BCUT2D eigenvalue weighted by Gasteiger charge is -2.29. The third kappa shape index (κ3) is 3.15. The fraction of sp³-hybridized carbons (Fsp3) is 0.250. The van der Waals surface area contributed by atoms with E-state index >= 15 is 0 Å². The van der Waals surface area contributed by atoms with Gasteiger partial charge in [0.15, 0.2) is 0 Å². The van der Waals surface area contributed by atoms with Gasteiger partial charge in [0.1, 0.15) is 17.4 Å². The van der Waals surface area contributed by atoms with Crippen molar-refractivity contribution in [1.82, 2.24) is 0 Å². The fourth-order valence-corrected chi connectivity index (χ4v) is 2.95. The van der Waals surface area contributed by atoms with E-state index in [2.05, 4.69) is 22.2 Å². The molecule has 0 amide bonds. The van der Waals surface area contributed by atoms with Crippen molar-refractivity contribution in [1.29, 1.82) is 0 Å². The van der Waals surface area contributed by atoms with Crippen LogP contribution in [0.15, 0.2) is 39.5 Å². The SMILES string of the molecule is CC1=NC(C)=C(C(=O)O)C(c2ccc(F)c(N=C=S)c2)C1C(=O)O. The second kappa shape index (κ2) is 6.82. The highest BCUT2D eigenvalue weighted by atomic mass is 32.1. The highest BCUT2D eigenvalue weighted by Gasteiger charge is 2.41. The number of carbonyl (C=O) groups is 2. The number of carboxylic acid groups (broad SMARTS) is 2. The molecule has 0 saturated carbocycles. The molecule has 0 aromatic heterocycles. The lowest BCUT2D eigenvalue weighted by atomic mass is 9.75. The number of aliphatic carboxylic acids is 2. The van der Waals surface area contributed by atoms with Crippen molar-refractivity contribution < 1.29 is 24.2 Å². The van der Waals surface area contributed by atoms with E-state index in [0.717, 1.165) is 6.07 Å². The Hall–Kier alpha value is -2.70. The van der Waals surface area contributed by atoms with Crippen molar-refractivity contribution in [2.75, 3.05) is 0 Å². The summed E-state index contributed by atoms with van der Waals surface area (Å²) in [7, 11) is 0. The van der Waals surface area contributed by atoms with Gasteiger partial charge in [-0.15, -0.1) is 0 Å². The molecule has 2 atom stereocenters. The summed E-state index contributed by atoms with van der Waals surface area (Å²) in [4.78, 5) is 31.0. The third-order valence-electron chi connectivity index (χ3n) is 3.82.